The second kappa shape index (κ2) is 9.56. The van der Waals surface area contributed by atoms with Crippen molar-refractivity contribution >= 4 is 17.7 Å². The fourth-order valence-electron chi connectivity index (χ4n) is 3.43. The summed E-state index contributed by atoms with van der Waals surface area (Å²) in [7, 11) is 0. The molecule has 1 fully saturated rings. The number of hydrogen-bond acceptors (Lipinski definition) is 6. The number of aryl methyl sites for hydroxylation is 1. The molecule has 3 heterocycles. The zero-order chi connectivity index (χ0) is 20.8. The summed E-state index contributed by atoms with van der Waals surface area (Å²) in [5, 5.41) is 2.56. The summed E-state index contributed by atoms with van der Waals surface area (Å²) in [6.45, 7) is 5.12. The Morgan fingerprint density at radius 2 is 2.14 bits per heavy atom. The molecule has 8 heteroatoms. The number of carbonyl (C=O) groups is 3. The lowest BCUT2D eigenvalue weighted by Crippen LogP contribution is -2.26. The zero-order valence-corrected chi connectivity index (χ0v) is 16.7. The number of aromatic nitrogens is 1. The number of esters is 1. The highest BCUT2D eigenvalue weighted by Gasteiger charge is 2.21. The van der Waals surface area contributed by atoms with E-state index in [1.807, 2.05) is 19.9 Å². The highest BCUT2D eigenvalue weighted by atomic mass is 16.5. The number of rotatable bonds is 9. The van der Waals surface area contributed by atoms with Gasteiger partial charge in [-0.3, -0.25) is 14.4 Å². The van der Waals surface area contributed by atoms with Crippen molar-refractivity contribution in [2.24, 2.45) is 0 Å². The Morgan fingerprint density at radius 1 is 1.31 bits per heavy atom. The van der Waals surface area contributed by atoms with Crippen LogP contribution in [0.4, 0.5) is 0 Å². The van der Waals surface area contributed by atoms with Gasteiger partial charge in [0.05, 0.1) is 18.8 Å². The van der Waals surface area contributed by atoms with Gasteiger partial charge in [0.25, 0.3) is 5.91 Å². The predicted molar refractivity (Wildman–Crippen MR) is 104 cm³/mol. The molecule has 29 heavy (non-hydrogen) atoms. The lowest BCUT2D eigenvalue weighted by molar-refractivity contribution is -0.142. The van der Waals surface area contributed by atoms with Crippen LogP contribution in [0.3, 0.4) is 0 Å². The van der Waals surface area contributed by atoms with Crippen molar-refractivity contribution in [3.05, 3.63) is 47.2 Å². The van der Waals surface area contributed by atoms with Crippen LogP contribution in [0.1, 0.15) is 51.6 Å². The van der Waals surface area contributed by atoms with E-state index in [4.69, 9.17) is 13.9 Å². The summed E-state index contributed by atoms with van der Waals surface area (Å²) < 4.78 is 17.8. The average Bonchev–Trinajstić information content (AvgIpc) is 3.45. The van der Waals surface area contributed by atoms with Crippen molar-refractivity contribution in [2.75, 3.05) is 19.8 Å². The van der Waals surface area contributed by atoms with Gasteiger partial charge in [0.1, 0.15) is 0 Å². The molecule has 156 valence electrons. The first-order chi connectivity index (χ1) is 14.0. The third-order valence-corrected chi connectivity index (χ3v) is 5.01. The Balaban J connectivity index is 1.45. The van der Waals surface area contributed by atoms with Gasteiger partial charge in [0.2, 0.25) is 5.78 Å². The number of Topliss-reactive ketones (excluding diaryl/α,β-unsaturated/α-hetero) is 1. The summed E-state index contributed by atoms with van der Waals surface area (Å²) in [4.78, 5) is 36.1. The number of amides is 1. The van der Waals surface area contributed by atoms with E-state index in [1.54, 1.807) is 6.07 Å². The standard InChI is InChI=1S/C21H26N2O6/c1-14-11-17(15(2)23(14)12-16-5-3-9-27-16)18(24)13-29-20(25)7-8-22-21(26)19-6-4-10-28-19/h4,6,10-11,16H,3,5,7-9,12-13H2,1-2H3,(H,22,26)/t16-/m1/s1. The van der Waals surface area contributed by atoms with E-state index in [1.165, 1.54) is 12.3 Å². The van der Waals surface area contributed by atoms with E-state index in [2.05, 4.69) is 9.88 Å². The fourth-order valence-corrected chi connectivity index (χ4v) is 3.43. The van der Waals surface area contributed by atoms with E-state index < -0.39 is 11.9 Å². The van der Waals surface area contributed by atoms with Gasteiger partial charge in [0.15, 0.2) is 12.4 Å². The first kappa shape index (κ1) is 20.9. The second-order valence-electron chi connectivity index (χ2n) is 7.10. The lowest BCUT2D eigenvalue weighted by Gasteiger charge is -2.14. The molecule has 1 N–H and O–H groups in total. The smallest absolute Gasteiger partial charge is 0.308 e. The molecule has 1 aliphatic heterocycles. The molecule has 0 aliphatic carbocycles. The van der Waals surface area contributed by atoms with Gasteiger partial charge in [-0.15, -0.1) is 0 Å². The maximum atomic E-state index is 12.5. The van der Waals surface area contributed by atoms with Crippen LogP contribution in [0.15, 0.2) is 28.9 Å². The Labute approximate surface area is 169 Å². The summed E-state index contributed by atoms with van der Waals surface area (Å²) >= 11 is 0. The molecule has 0 unspecified atom stereocenters. The number of ketones is 1. The van der Waals surface area contributed by atoms with Crippen LogP contribution in [0, 0.1) is 13.8 Å². The molecule has 0 spiro atoms. The van der Waals surface area contributed by atoms with E-state index in [9.17, 15) is 14.4 Å². The summed E-state index contributed by atoms with van der Waals surface area (Å²) in [6.07, 6.45) is 3.63. The molecular weight excluding hydrogens is 376 g/mol. The van der Waals surface area contributed by atoms with Crippen LogP contribution < -0.4 is 5.32 Å². The van der Waals surface area contributed by atoms with Gasteiger partial charge in [-0.2, -0.15) is 0 Å². The SMILES string of the molecule is Cc1cc(C(=O)COC(=O)CCNC(=O)c2ccco2)c(C)n1C[C@H]1CCCO1. The molecular formula is C21H26N2O6. The first-order valence-corrected chi connectivity index (χ1v) is 9.74. The van der Waals surface area contributed by atoms with Gasteiger partial charge in [-0.1, -0.05) is 0 Å². The number of furan rings is 1. The van der Waals surface area contributed by atoms with Crippen LogP contribution in [0.25, 0.3) is 0 Å². The highest BCUT2D eigenvalue weighted by Crippen LogP contribution is 2.20. The van der Waals surface area contributed by atoms with Crippen LogP contribution in [-0.4, -0.2) is 48.1 Å². The van der Waals surface area contributed by atoms with Gasteiger partial charge in [-0.25, -0.2) is 0 Å². The maximum Gasteiger partial charge on any atom is 0.308 e. The molecule has 0 saturated carbocycles. The number of ether oxygens (including phenoxy) is 2. The molecule has 1 aliphatic rings. The van der Waals surface area contributed by atoms with E-state index in [0.717, 1.165) is 37.4 Å². The van der Waals surface area contributed by atoms with Gasteiger partial charge in [-0.05, 0) is 44.9 Å². The monoisotopic (exact) mass is 402 g/mol. The molecule has 2 aromatic heterocycles. The van der Waals surface area contributed by atoms with Crippen molar-refractivity contribution in [3.63, 3.8) is 0 Å². The maximum absolute atomic E-state index is 12.5. The normalized spacial score (nSPS) is 16.0. The van der Waals surface area contributed by atoms with Crippen LogP contribution in [-0.2, 0) is 20.8 Å². The second-order valence-corrected chi connectivity index (χ2v) is 7.10. The predicted octanol–water partition coefficient (Wildman–Crippen LogP) is 2.42. The molecule has 1 amide bonds. The third-order valence-electron chi connectivity index (χ3n) is 5.01. The van der Waals surface area contributed by atoms with Gasteiger partial charge < -0.3 is 23.8 Å². The van der Waals surface area contributed by atoms with Crippen molar-refractivity contribution in [1.82, 2.24) is 9.88 Å². The van der Waals surface area contributed by atoms with E-state index in [0.29, 0.717) is 5.56 Å². The van der Waals surface area contributed by atoms with Crippen molar-refractivity contribution < 1.29 is 28.3 Å². The van der Waals surface area contributed by atoms with Crippen LogP contribution in [0.5, 0.6) is 0 Å². The van der Waals surface area contributed by atoms with E-state index in [-0.39, 0.29) is 37.2 Å². The zero-order valence-electron chi connectivity index (χ0n) is 16.7. The highest BCUT2D eigenvalue weighted by molar-refractivity contribution is 5.99. The Hall–Kier alpha value is -2.87. The molecule has 0 bridgehead atoms. The largest absolute Gasteiger partial charge is 0.459 e. The van der Waals surface area contributed by atoms with Crippen molar-refractivity contribution in [3.8, 4) is 0 Å². The lowest BCUT2D eigenvalue weighted by atomic mass is 10.1. The Morgan fingerprint density at radius 3 is 2.83 bits per heavy atom. The molecule has 0 aromatic carbocycles. The Bertz CT molecular complexity index is 862. The van der Waals surface area contributed by atoms with Crippen molar-refractivity contribution in [1.29, 1.82) is 0 Å². The average molecular weight is 402 g/mol. The molecule has 2 aromatic rings. The van der Waals surface area contributed by atoms with E-state index >= 15 is 0 Å². The number of carbonyl (C=O) groups excluding carboxylic acids is 3. The first-order valence-electron chi connectivity index (χ1n) is 9.74. The fraction of sp³-hybridized carbons (Fsp3) is 0.476. The molecule has 3 rings (SSSR count). The third kappa shape index (κ3) is 5.35. The van der Waals surface area contributed by atoms with Gasteiger partial charge in [0, 0.05) is 36.6 Å². The minimum atomic E-state index is -0.550. The van der Waals surface area contributed by atoms with Crippen molar-refractivity contribution in [2.45, 2.75) is 45.8 Å². The molecule has 1 saturated heterocycles. The summed E-state index contributed by atoms with van der Waals surface area (Å²) in [6, 6.07) is 4.96. The molecule has 0 radical (unpaired) electrons. The number of hydrogen-bond donors (Lipinski definition) is 1. The number of nitrogens with one attached hydrogen (secondary N) is 1. The topological polar surface area (TPSA) is 99.8 Å². The quantitative estimate of drug-likeness (QED) is 0.511. The molecule has 1 atom stereocenters. The van der Waals surface area contributed by atoms with Crippen LogP contribution >= 0.6 is 0 Å². The summed E-state index contributed by atoms with van der Waals surface area (Å²) in [5.41, 5.74) is 2.39. The van der Waals surface area contributed by atoms with Gasteiger partial charge >= 0.3 is 5.97 Å². The molecule has 8 nitrogen and oxygen atoms in total. The Kier molecular flexibility index (Phi) is 6.87. The van der Waals surface area contributed by atoms with Crippen LogP contribution in [0.2, 0.25) is 0 Å². The summed E-state index contributed by atoms with van der Waals surface area (Å²) in [5.74, 6) is -1.03. The minimum Gasteiger partial charge on any atom is -0.459 e. The number of nitrogens with zero attached hydrogens (tertiary/aromatic N) is 1. The minimum absolute atomic E-state index is 0.0300.